The van der Waals surface area contributed by atoms with Crippen molar-refractivity contribution in [2.24, 2.45) is 16.1 Å². The van der Waals surface area contributed by atoms with Gasteiger partial charge in [-0.15, -0.1) is 5.10 Å². The van der Waals surface area contributed by atoms with Crippen LogP contribution < -0.4 is 10.1 Å². The fraction of sp³-hybridized carbons (Fsp3) is 0.467. The highest BCUT2D eigenvalue weighted by molar-refractivity contribution is 6.01. The zero-order chi connectivity index (χ0) is 15.7. The van der Waals surface area contributed by atoms with Crippen LogP contribution in [0.1, 0.15) is 30.9 Å². The molecule has 1 saturated carbocycles. The van der Waals surface area contributed by atoms with Crippen LogP contribution in [-0.2, 0) is 6.18 Å². The Morgan fingerprint density at radius 2 is 2.05 bits per heavy atom. The maximum absolute atomic E-state index is 13.3. The molecule has 1 aromatic rings. The summed E-state index contributed by atoms with van der Waals surface area (Å²) >= 11 is 0. The summed E-state index contributed by atoms with van der Waals surface area (Å²) in [6, 6.07) is 3.99. The fourth-order valence-corrected chi connectivity index (χ4v) is 2.58. The van der Waals surface area contributed by atoms with Gasteiger partial charge in [-0.2, -0.15) is 18.3 Å². The maximum atomic E-state index is 13.3. The van der Waals surface area contributed by atoms with Crippen LogP contribution in [0.5, 0.6) is 5.75 Å². The van der Waals surface area contributed by atoms with Crippen LogP contribution in [0.15, 0.2) is 28.4 Å². The minimum Gasteiger partial charge on any atom is -0.490 e. The number of amidine groups is 1. The Balaban J connectivity index is 1.89. The van der Waals surface area contributed by atoms with Crippen LogP contribution in [-0.4, -0.2) is 24.7 Å². The summed E-state index contributed by atoms with van der Waals surface area (Å²) in [6.45, 7) is 2.50. The molecule has 1 aliphatic carbocycles. The summed E-state index contributed by atoms with van der Waals surface area (Å²) < 4.78 is 45.3. The molecule has 1 N–H and O–H groups in total. The number of alkyl halides is 3. The van der Waals surface area contributed by atoms with E-state index >= 15 is 0 Å². The zero-order valence-electron chi connectivity index (χ0n) is 12.0. The molecule has 4 nitrogen and oxygen atoms in total. The minimum absolute atomic E-state index is 0.118. The van der Waals surface area contributed by atoms with Gasteiger partial charge in [0.15, 0.2) is 5.84 Å². The van der Waals surface area contributed by atoms with Gasteiger partial charge in [0.1, 0.15) is 5.75 Å². The van der Waals surface area contributed by atoms with E-state index in [9.17, 15) is 13.2 Å². The lowest BCUT2D eigenvalue weighted by Gasteiger charge is -2.33. The third-order valence-electron chi connectivity index (χ3n) is 3.78. The summed E-state index contributed by atoms with van der Waals surface area (Å²) in [5.74, 6) is 0.724. The lowest BCUT2D eigenvalue weighted by molar-refractivity contribution is -0.139. The van der Waals surface area contributed by atoms with Crippen molar-refractivity contribution >= 4 is 12.1 Å². The number of hydrogen-bond acceptors (Lipinski definition) is 4. The number of benzene rings is 1. The topological polar surface area (TPSA) is 46.0 Å². The van der Waals surface area contributed by atoms with E-state index in [1.165, 1.54) is 6.07 Å². The Bertz CT molecular complexity index is 619. The molecule has 7 heteroatoms. The van der Waals surface area contributed by atoms with E-state index in [0.717, 1.165) is 18.9 Å². The molecule has 0 spiro atoms. The van der Waals surface area contributed by atoms with Gasteiger partial charge in [-0.25, -0.2) is 0 Å². The fourth-order valence-electron chi connectivity index (χ4n) is 2.58. The molecule has 22 heavy (non-hydrogen) atoms. The van der Waals surface area contributed by atoms with Gasteiger partial charge >= 0.3 is 6.18 Å². The van der Waals surface area contributed by atoms with E-state index in [2.05, 4.69) is 22.4 Å². The van der Waals surface area contributed by atoms with Crippen LogP contribution in [0.25, 0.3) is 0 Å². The first-order chi connectivity index (χ1) is 10.4. The van der Waals surface area contributed by atoms with Gasteiger partial charge in [0.2, 0.25) is 0 Å². The van der Waals surface area contributed by atoms with E-state index in [0.29, 0.717) is 23.9 Å². The standard InChI is InChI=1S/C15H16F3N3O/c1-9-6-11(7-9)22-13-3-2-10(8-12(13)15(16,17)18)14-19-4-5-20-21-14/h2-3,5,8-9,11H,4,6-7H2,1H3,(H,19,21). The summed E-state index contributed by atoms with van der Waals surface area (Å²) in [4.78, 5) is 0. The first-order valence-corrected chi connectivity index (χ1v) is 7.15. The van der Waals surface area contributed by atoms with Crippen LogP contribution in [0.4, 0.5) is 13.2 Å². The largest absolute Gasteiger partial charge is 0.490 e. The van der Waals surface area contributed by atoms with Crippen molar-refractivity contribution in [3.63, 3.8) is 0 Å². The molecule has 0 aromatic heterocycles. The monoisotopic (exact) mass is 311 g/mol. The second-order valence-electron chi connectivity index (χ2n) is 5.65. The van der Waals surface area contributed by atoms with E-state index < -0.39 is 11.7 Å². The van der Waals surface area contributed by atoms with Crippen molar-refractivity contribution in [3.05, 3.63) is 29.3 Å². The minimum atomic E-state index is -4.47. The lowest BCUT2D eigenvalue weighted by Crippen LogP contribution is -2.33. The van der Waals surface area contributed by atoms with Gasteiger partial charge in [0.25, 0.3) is 0 Å². The normalized spacial score (nSPS) is 24.3. The highest BCUT2D eigenvalue weighted by atomic mass is 19.4. The predicted molar refractivity (Wildman–Crippen MR) is 77.3 cm³/mol. The van der Waals surface area contributed by atoms with Crippen LogP contribution in [0, 0.1) is 5.92 Å². The molecule has 3 rings (SSSR count). The molecule has 0 unspecified atom stereocenters. The molecule has 118 valence electrons. The molecule has 0 bridgehead atoms. The Morgan fingerprint density at radius 1 is 1.27 bits per heavy atom. The SMILES string of the molecule is CC1CC(Oc2ccc(C3=NN=CCN3)cc2C(F)(F)F)C1. The Morgan fingerprint density at radius 3 is 2.64 bits per heavy atom. The lowest BCUT2D eigenvalue weighted by atomic mass is 9.84. The van der Waals surface area contributed by atoms with E-state index in [1.54, 1.807) is 12.3 Å². The number of ether oxygens (including phenoxy) is 1. The summed E-state index contributed by atoms with van der Waals surface area (Å²) in [7, 11) is 0. The summed E-state index contributed by atoms with van der Waals surface area (Å²) in [5.41, 5.74) is -0.429. The molecule has 0 atom stereocenters. The third-order valence-corrected chi connectivity index (χ3v) is 3.78. The maximum Gasteiger partial charge on any atom is 0.419 e. The Kier molecular flexibility index (Phi) is 3.80. The molecule has 0 saturated heterocycles. The second kappa shape index (κ2) is 5.62. The number of halogens is 3. The van der Waals surface area contributed by atoms with Crippen molar-refractivity contribution in [3.8, 4) is 5.75 Å². The first kappa shape index (κ1) is 14.9. The highest BCUT2D eigenvalue weighted by Gasteiger charge is 2.37. The number of rotatable bonds is 3. The summed E-state index contributed by atoms with van der Waals surface area (Å²) in [5, 5.41) is 10.4. The van der Waals surface area contributed by atoms with Crippen molar-refractivity contribution in [1.82, 2.24) is 5.32 Å². The van der Waals surface area contributed by atoms with Crippen LogP contribution >= 0.6 is 0 Å². The number of nitrogens with one attached hydrogen (secondary N) is 1. The Hall–Kier alpha value is -2.05. The van der Waals surface area contributed by atoms with Crippen LogP contribution in [0.3, 0.4) is 0 Å². The molecule has 1 heterocycles. The van der Waals surface area contributed by atoms with Crippen molar-refractivity contribution in [1.29, 1.82) is 0 Å². The van der Waals surface area contributed by atoms with Gasteiger partial charge in [0.05, 0.1) is 18.2 Å². The third kappa shape index (κ3) is 3.08. The molecule has 1 fully saturated rings. The second-order valence-corrected chi connectivity index (χ2v) is 5.65. The summed E-state index contributed by atoms with van der Waals surface area (Å²) in [6.07, 6.45) is -1.47. The molecule has 2 aliphatic rings. The van der Waals surface area contributed by atoms with Gasteiger partial charge in [-0.3, -0.25) is 0 Å². The quantitative estimate of drug-likeness (QED) is 0.931. The van der Waals surface area contributed by atoms with Gasteiger partial charge in [-0.05, 0) is 37.0 Å². The van der Waals surface area contributed by atoms with E-state index in [4.69, 9.17) is 4.74 Å². The first-order valence-electron chi connectivity index (χ1n) is 7.15. The molecular formula is C15H16F3N3O. The molecule has 0 radical (unpaired) electrons. The van der Waals surface area contributed by atoms with Crippen molar-refractivity contribution in [2.45, 2.75) is 32.0 Å². The molecule has 1 aliphatic heterocycles. The highest BCUT2D eigenvalue weighted by Crippen LogP contribution is 2.39. The average molecular weight is 311 g/mol. The average Bonchev–Trinajstić information content (AvgIpc) is 2.46. The van der Waals surface area contributed by atoms with Crippen LogP contribution in [0.2, 0.25) is 0 Å². The number of nitrogens with zero attached hydrogens (tertiary/aromatic N) is 2. The smallest absolute Gasteiger partial charge is 0.419 e. The van der Waals surface area contributed by atoms with E-state index in [1.807, 2.05) is 0 Å². The van der Waals surface area contributed by atoms with Crippen molar-refractivity contribution in [2.75, 3.05) is 6.54 Å². The van der Waals surface area contributed by atoms with Crippen molar-refractivity contribution < 1.29 is 17.9 Å². The van der Waals surface area contributed by atoms with Gasteiger partial charge in [0, 0.05) is 11.8 Å². The zero-order valence-corrected chi connectivity index (χ0v) is 12.0. The predicted octanol–water partition coefficient (Wildman–Crippen LogP) is 3.22. The molecular weight excluding hydrogens is 295 g/mol. The van der Waals surface area contributed by atoms with E-state index in [-0.39, 0.29) is 11.9 Å². The Labute approximate surface area is 126 Å². The number of hydrogen-bond donors (Lipinski definition) is 1. The molecule has 1 aromatic carbocycles. The van der Waals surface area contributed by atoms with Gasteiger partial charge < -0.3 is 10.1 Å². The molecule has 0 amide bonds. The van der Waals surface area contributed by atoms with Gasteiger partial charge in [-0.1, -0.05) is 6.92 Å².